The molecule has 46 heavy (non-hydrogen) atoms. The summed E-state index contributed by atoms with van der Waals surface area (Å²) in [4.78, 5) is 46.8. The van der Waals surface area contributed by atoms with Crippen molar-refractivity contribution < 1.29 is 23.9 Å². The molecule has 0 unspecified atom stereocenters. The van der Waals surface area contributed by atoms with Gasteiger partial charge in [-0.3, -0.25) is 14.9 Å². The number of nitrogens with one attached hydrogen (secondary N) is 2. The predicted octanol–water partition coefficient (Wildman–Crippen LogP) is 6.56. The van der Waals surface area contributed by atoms with Crippen molar-refractivity contribution in [1.29, 1.82) is 0 Å². The summed E-state index contributed by atoms with van der Waals surface area (Å²) < 4.78 is 11.4. The average molecular weight is 636 g/mol. The van der Waals surface area contributed by atoms with Crippen LogP contribution in [0.25, 0.3) is 0 Å². The molecule has 1 aliphatic rings. The van der Waals surface area contributed by atoms with Gasteiger partial charge in [0.05, 0.1) is 18.9 Å². The molecule has 0 fully saturated rings. The summed E-state index contributed by atoms with van der Waals surface area (Å²) in [6.45, 7) is 11.3. The molecule has 0 saturated heterocycles. The maximum Gasteiger partial charge on any atom is 0.325 e. The van der Waals surface area contributed by atoms with Crippen LogP contribution in [-0.4, -0.2) is 66.5 Å². The fourth-order valence-corrected chi connectivity index (χ4v) is 5.01. The Bertz CT molecular complexity index is 1260. The van der Waals surface area contributed by atoms with E-state index < -0.39 is 12.0 Å². The third-order valence-corrected chi connectivity index (χ3v) is 7.58. The lowest BCUT2D eigenvalue weighted by Crippen LogP contribution is -2.50. The van der Waals surface area contributed by atoms with Crippen molar-refractivity contribution in [1.82, 2.24) is 20.4 Å². The van der Waals surface area contributed by atoms with E-state index >= 15 is 0 Å². The molecule has 2 aromatic rings. The van der Waals surface area contributed by atoms with Gasteiger partial charge >= 0.3 is 12.0 Å². The zero-order chi connectivity index (χ0) is 33.1. The number of unbranched alkanes of at least 4 members (excludes halogenated alkanes) is 4. The Labute approximate surface area is 274 Å². The Morgan fingerprint density at radius 3 is 2.35 bits per heavy atom. The van der Waals surface area contributed by atoms with Crippen molar-refractivity contribution in [3.8, 4) is 5.75 Å². The van der Waals surface area contributed by atoms with E-state index in [1.807, 2.05) is 67.3 Å². The van der Waals surface area contributed by atoms with E-state index in [1.165, 1.54) is 0 Å². The van der Waals surface area contributed by atoms with E-state index in [1.54, 1.807) is 4.90 Å². The van der Waals surface area contributed by atoms with Crippen molar-refractivity contribution in [3.63, 3.8) is 0 Å². The van der Waals surface area contributed by atoms with Crippen LogP contribution in [0.1, 0.15) is 90.2 Å². The Hall–Kier alpha value is -4.08. The molecule has 2 aromatic carbocycles. The van der Waals surface area contributed by atoms with Crippen LogP contribution in [0.15, 0.2) is 53.5 Å². The number of benzene rings is 2. The van der Waals surface area contributed by atoms with E-state index in [2.05, 4.69) is 29.5 Å². The van der Waals surface area contributed by atoms with Crippen LogP contribution in [0.5, 0.6) is 5.75 Å². The first-order valence-corrected chi connectivity index (χ1v) is 16.9. The number of fused-ring (bicyclic) bond motifs is 1. The number of nitrogens with zero attached hydrogens (tertiary/aromatic N) is 3. The van der Waals surface area contributed by atoms with Gasteiger partial charge in [-0.2, -0.15) is 0 Å². The van der Waals surface area contributed by atoms with Gasteiger partial charge < -0.3 is 24.6 Å². The molecule has 10 nitrogen and oxygen atoms in total. The van der Waals surface area contributed by atoms with Crippen LogP contribution in [0.4, 0.5) is 10.5 Å². The van der Waals surface area contributed by atoms with E-state index in [0.29, 0.717) is 50.6 Å². The van der Waals surface area contributed by atoms with Gasteiger partial charge in [-0.05, 0) is 48.9 Å². The second-order valence-electron chi connectivity index (χ2n) is 12.2. The first kappa shape index (κ1) is 36.4. The van der Waals surface area contributed by atoms with Gasteiger partial charge in [0.1, 0.15) is 12.3 Å². The highest BCUT2D eigenvalue weighted by atomic mass is 16.5. The molecule has 0 radical (unpaired) electrons. The molecule has 3 rings (SSSR count). The number of guanidine groups is 1. The number of rotatable bonds is 19. The number of urea groups is 1. The van der Waals surface area contributed by atoms with Gasteiger partial charge in [-0.25, -0.2) is 9.79 Å². The second-order valence-corrected chi connectivity index (χ2v) is 12.2. The van der Waals surface area contributed by atoms with Gasteiger partial charge in [0.15, 0.2) is 0 Å². The maximum atomic E-state index is 12.9. The van der Waals surface area contributed by atoms with Gasteiger partial charge in [0.25, 0.3) is 0 Å². The minimum atomic E-state index is -0.421. The number of ether oxygens (including phenoxy) is 2. The van der Waals surface area contributed by atoms with Crippen LogP contribution in [-0.2, 0) is 27.4 Å². The maximum absolute atomic E-state index is 12.9. The third kappa shape index (κ3) is 13.1. The number of hydrogen-bond acceptors (Lipinski definition) is 7. The fourth-order valence-electron chi connectivity index (χ4n) is 5.01. The summed E-state index contributed by atoms with van der Waals surface area (Å²) in [5.74, 6) is 0.953. The molecule has 1 aliphatic heterocycles. The summed E-state index contributed by atoms with van der Waals surface area (Å²) in [5, 5.41) is 5.65. The zero-order valence-corrected chi connectivity index (χ0v) is 28.2. The summed E-state index contributed by atoms with van der Waals surface area (Å²) in [6.07, 6.45) is 7.73. The molecule has 0 aliphatic carbocycles. The Balaban J connectivity index is 1.60. The number of carbonyl (C=O) groups is 3. The number of amides is 3. The summed E-state index contributed by atoms with van der Waals surface area (Å²) in [5.41, 5.74) is 2.51. The first-order chi connectivity index (χ1) is 22.3. The molecular formula is C36H53N5O5. The van der Waals surface area contributed by atoms with E-state index in [-0.39, 0.29) is 24.3 Å². The van der Waals surface area contributed by atoms with Crippen molar-refractivity contribution in [2.45, 2.75) is 92.2 Å². The molecule has 252 valence electrons. The van der Waals surface area contributed by atoms with Crippen LogP contribution in [0.3, 0.4) is 0 Å². The van der Waals surface area contributed by atoms with Gasteiger partial charge in [0, 0.05) is 38.2 Å². The Kier molecular flexibility index (Phi) is 15.9. The second kappa shape index (κ2) is 20.1. The Morgan fingerprint density at radius 1 is 0.957 bits per heavy atom. The molecule has 0 spiro atoms. The van der Waals surface area contributed by atoms with Crippen molar-refractivity contribution in [2.75, 3.05) is 32.8 Å². The van der Waals surface area contributed by atoms with Crippen molar-refractivity contribution in [3.05, 3.63) is 59.7 Å². The van der Waals surface area contributed by atoms with Crippen LogP contribution >= 0.6 is 0 Å². The van der Waals surface area contributed by atoms with Gasteiger partial charge in [-0.15, -0.1) is 0 Å². The van der Waals surface area contributed by atoms with E-state index in [0.717, 1.165) is 62.7 Å². The number of aliphatic imine (C=N–C) groups is 1. The van der Waals surface area contributed by atoms with Crippen molar-refractivity contribution in [2.24, 2.45) is 10.9 Å². The quantitative estimate of drug-likeness (QED) is 0.134. The van der Waals surface area contributed by atoms with E-state index in [4.69, 9.17) is 9.47 Å². The highest BCUT2D eigenvalue weighted by Crippen LogP contribution is 2.29. The Morgan fingerprint density at radius 2 is 1.67 bits per heavy atom. The molecule has 0 bridgehead atoms. The average Bonchev–Trinajstić information content (AvgIpc) is 3.05. The summed E-state index contributed by atoms with van der Waals surface area (Å²) >= 11 is 0. The van der Waals surface area contributed by atoms with Gasteiger partial charge in [0.2, 0.25) is 11.9 Å². The number of hydrogen-bond donors (Lipinski definition) is 2. The fraction of sp³-hybridized carbons (Fsp3) is 0.556. The lowest BCUT2D eigenvalue weighted by atomic mass is 10.1. The molecule has 2 N–H and O–H groups in total. The minimum Gasteiger partial charge on any atom is -0.494 e. The molecule has 1 heterocycles. The summed E-state index contributed by atoms with van der Waals surface area (Å²) in [7, 11) is 0. The third-order valence-electron chi connectivity index (χ3n) is 7.58. The topological polar surface area (TPSA) is 113 Å². The summed E-state index contributed by atoms with van der Waals surface area (Å²) in [6, 6.07) is 14.8. The SMILES string of the molecule is CCCCCN(CCCCC)C(=O)CCCOc1ccc2c(c1)CN(CC(=O)OCC(C)C)C(NC(=O)NCc1ccccc1)=N2. The molecule has 0 atom stereocenters. The van der Waals surface area contributed by atoms with Gasteiger partial charge in [-0.1, -0.05) is 83.7 Å². The first-order valence-electron chi connectivity index (χ1n) is 16.9. The predicted molar refractivity (Wildman–Crippen MR) is 182 cm³/mol. The smallest absolute Gasteiger partial charge is 0.325 e. The number of carbonyl (C=O) groups excluding carboxylic acids is 3. The normalized spacial score (nSPS) is 12.3. The molecule has 0 aromatic heterocycles. The van der Waals surface area contributed by atoms with Crippen molar-refractivity contribution >= 4 is 29.6 Å². The van der Waals surface area contributed by atoms with Crippen LogP contribution in [0, 0.1) is 5.92 Å². The van der Waals surface area contributed by atoms with Crippen LogP contribution < -0.4 is 15.4 Å². The lowest BCUT2D eigenvalue weighted by Gasteiger charge is -2.30. The van der Waals surface area contributed by atoms with E-state index in [9.17, 15) is 14.4 Å². The minimum absolute atomic E-state index is 0.0653. The molecular weight excluding hydrogens is 582 g/mol. The highest BCUT2D eigenvalue weighted by Gasteiger charge is 2.25. The molecule has 0 saturated carbocycles. The standard InChI is InChI=1S/C36H53N5O5/c1-5-7-12-20-40(21-13-8-6-2)33(42)17-14-22-45-31-18-19-32-30(23-31)25-41(26-34(43)46-27-28(3)4)35(38-32)39-36(44)37-24-29-15-10-9-11-16-29/h9-11,15-16,18-19,23,28H,5-8,12-14,17,20-22,24-27H2,1-4H3,(H2,37,38,39,44). The largest absolute Gasteiger partial charge is 0.494 e. The van der Waals surface area contributed by atoms with Crippen LogP contribution in [0.2, 0.25) is 0 Å². The lowest BCUT2D eigenvalue weighted by molar-refractivity contribution is -0.145. The monoisotopic (exact) mass is 635 g/mol. The highest BCUT2D eigenvalue weighted by molar-refractivity contribution is 5.99. The zero-order valence-electron chi connectivity index (χ0n) is 28.2. The number of esters is 1. The molecule has 10 heteroatoms. The molecule has 3 amide bonds.